The van der Waals surface area contributed by atoms with Gasteiger partial charge in [0.15, 0.2) is 0 Å². The minimum atomic E-state index is -0.324. The minimum Gasteiger partial charge on any atom is -0.357 e. The maximum absolute atomic E-state index is 12.7. The molecule has 1 aromatic heterocycles. The Bertz CT molecular complexity index is 981. The number of rotatable bonds is 6. The highest BCUT2D eigenvalue weighted by Gasteiger charge is 2.27. The number of benzene rings is 1. The van der Waals surface area contributed by atoms with Crippen LogP contribution in [-0.4, -0.2) is 34.4 Å². The van der Waals surface area contributed by atoms with E-state index in [1.165, 1.54) is 18.0 Å². The summed E-state index contributed by atoms with van der Waals surface area (Å²) in [5.74, 6) is 0.447. The van der Waals surface area contributed by atoms with Crippen molar-refractivity contribution >= 4 is 23.5 Å². The van der Waals surface area contributed by atoms with Crippen LogP contribution in [0.4, 0.5) is 5.82 Å². The van der Waals surface area contributed by atoms with Crippen molar-refractivity contribution in [2.75, 3.05) is 24.2 Å². The average Bonchev–Trinajstić information content (AvgIpc) is 2.76. The molecule has 1 fully saturated rings. The van der Waals surface area contributed by atoms with Gasteiger partial charge in [-0.05, 0) is 43.7 Å². The molecule has 0 aliphatic carbocycles. The average molecular weight is 417 g/mol. The highest BCUT2D eigenvalue weighted by molar-refractivity contribution is 7.98. The van der Waals surface area contributed by atoms with Crippen LogP contribution in [0.1, 0.15) is 25.3 Å². The molecule has 2 heterocycles. The van der Waals surface area contributed by atoms with Crippen molar-refractivity contribution < 1.29 is 4.79 Å². The maximum atomic E-state index is 12.7. The van der Waals surface area contributed by atoms with E-state index in [1.54, 1.807) is 16.3 Å². The number of aromatic nitrogens is 2. The normalized spacial score (nSPS) is 16.7. The number of nitrogens with zero attached hydrogens (tertiary/aromatic N) is 3. The lowest BCUT2D eigenvalue weighted by Gasteiger charge is -2.34. The van der Waals surface area contributed by atoms with Gasteiger partial charge in [-0.1, -0.05) is 12.1 Å². The van der Waals surface area contributed by atoms with Crippen LogP contribution in [0.15, 0.2) is 44.8 Å². The van der Waals surface area contributed by atoms with Gasteiger partial charge in [0.25, 0.3) is 5.56 Å². The zero-order valence-corrected chi connectivity index (χ0v) is 18.0. The number of carbonyl (C=O) groups excluding carboxylic acids is 1. The van der Waals surface area contributed by atoms with Crippen molar-refractivity contribution in [2.24, 2.45) is 13.0 Å². The summed E-state index contributed by atoms with van der Waals surface area (Å²) in [4.78, 5) is 40.5. The first-order valence-electron chi connectivity index (χ1n) is 9.91. The molecule has 1 N–H and O–H groups in total. The number of anilines is 1. The predicted octanol–water partition coefficient (Wildman–Crippen LogP) is 1.82. The smallest absolute Gasteiger partial charge is 0.332 e. The van der Waals surface area contributed by atoms with Crippen molar-refractivity contribution in [3.05, 3.63) is 56.7 Å². The summed E-state index contributed by atoms with van der Waals surface area (Å²) in [7, 11) is 1.48. The van der Waals surface area contributed by atoms with E-state index in [-0.39, 0.29) is 23.1 Å². The summed E-state index contributed by atoms with van der Waals surface area (Å²) in [5, 5.41) is 3.03. The first-order chi connectivity index (χ1) is 13.9. The van der Waals surface area contributed by atoms with E-state index >= 15 is 0 Å². The Morgan fingerprint density at radius 3 is 2.62 bits per heavy atom. The zero-order chi connectivity index (χ0) is 21.0. The predicted molar refractivity (Wildman–Crippen MR) is 117 cm³/mol. The number of hydrogen-bond acceptors (Lipinski definition) is 5. The lowest BCUT2D eigenvalue weighted by Crippen LogP contribution is -2.47. The number of nitrogens with one attached hydrogen (secondary N) is 1. The van der Waals surface area contributed by atoms with E-state index in [2.05, 4.69) is 17.4 Å². The Morgan fingerprint density at radius 2 is 1.97 bits per heavy atom. The molecule has 0 spiro atoms. The van der Waals surface area contributed by atoms with Crippen LogP contribution in [0.25, 0.3) is 0 Å². The second-order valence-electron chi connectivity index (χ2n) is 7.28. The zero-order valence-electron chi connectivity index (χ0n) is 17.2. The Balaban J connectivity index is 1.69. The van der Waals surface area contributed by atoms with Crippen LogP contribution in [0.2, 0.25) is 0 Å². The Labute approximate surface area is 174 Å². The Morgan fingerprint density at radius 1 is 1.24 bits per heavy atom. The molecule has 0 saturated carbocycles. The molecule has 1 amide bonds. The molecular weight excluding hydrogens is 388 g/mol. The molecule has 1 aromatic carbocycles. The van der Waals surface area contributed by atoms with Crippen LogP contribution in [0, 0.1) is 5.92 Å². The summed E-state index contributed by atoms with van der Waals surface area (Å²) < 4.78 is 2.71. The molecule has 29 heavy (non-hydrogen) atoms. The quantitative estimate of drug-likeness (QED) is 0.727. The van der Waals surface area contributed by atoms with Gasteiger partial charge in [0.05, 0.1) is 5.92 Å². The van der Waals surface area contributed by atoms with Crippen molar-refractivity contribution in [2.45, 2.75) is 37.8 Å². The monoisotopic (exact) mass is 416 g/mol. The van der Waals surface area contributed by atoms with E-state index in [4.69, 9.17) is 0 Å². The highest BCUT2D eigenvalue weighted by atomic mass is 32.2. The third-order valence-electron chi connectivity index (χ3n) is 5.44. The molecule has 7 nitrogen and oxygen atoms in total. The van der Waals surface area contributed by atoms with E-state index in [9.17, 15) is 14.4 Å². The molecule has 1 aliphatic rings. The van der Waals surface area contributed by atoms with Gasteiger partial charge in [-0.25, -0.2) is 4.79 Å². The van der Waals surface area contributed by atoms with Crippen molar-refractivity contribution in [3.63, 3.8) is 0 Å². The lowest BCUT2D eigenvalue weighted by atomic mass is 9.97. The first-order valence-corrected chi connectivity index (χ1v) is 11.1. The van der Waals surface area contributed by atoms with Crippen molar-refractivity contribution in [3.8, 4) is 0 Å². The summed E-state index contributed by atoms with van der Waals surface area (Å²) >= 11 is 1.69. The second-order valence-corrected chi connectivity index (χ2v) is 8.16. The van der Waals surface area contributed by atoms with Crippen molar-refractivity contribution in [1.29, 1.82) is 0 Å². The molecular formula is C21H28N4O3S. The van der Waals surface area contributed by atoms with Crippen LogP contribution in [-0.2, 0) is 24.9 Å². The molecule has 8 heteroatoms. The van der Waals surface area contributed by atoms with E-state index in [0.29, 0.717) is 25.5 Å². The fraction of sp³-hybridized carbons (Fsp3) is 0.476. The third kappa shape index (κ3) is 4.75. The number of carbonyl (C=O) groups is 1. The molecule has 3 rings (SSSR count). The summed E-state index contributed by atoms with van der Waals surface area (Å²) in [6.07, 6.45) is 3.68. The molecule has 156 valence electrons. The second kappa shape index (κ2) is 9.35. The fourth-order valence-electron chi connectivity index (χ4n) is 3.69. The van der Waals surface area contributed by atoms with Gasteiger partial charge in [0.1, 0.15) is 5.82 Å². The summed E-state index contributed by atoms with van der Waals surface area (Å²) in [6.45, 7) is 4.08. The molecule has 2 aromatic rings. The summed E-state index contributed by atoms with van der Waals surface area (Å²) in [6, 6.07) is 9.65. The number of piperidine rings is 1. The van der Waals surface area contributed by atoms with Gasteiger partial charge in [0.2, 0.25) is 5.91 Å². The summed E-state index contributed by atoms with van der Waals surface area (Å²) in [5.41, 5.74) is 0.417. The molecule has 0 unspecified atom stereocenters. The van der Waals surface area contributed by atoms with Crippen LogP contribution in [0.3, 0.4) is 0 Å². The van der Waals surface area contributed by atoms with Gasteiger partial charge < -0.3 is 10.2 Å². The molecule has 0 radical (unpaired) electrons. The number of thioether (sulfide) groups is 1. The molecule has 1 atom stereocenters. The number of hydrogen-bond donors (Lipinski definition) is 1. The van der Waals surface area contributed by atoms with E-state index < -0.39 is 0 Å². The van der Waals surface area contributed by atoms with Gasteiger partial charge in [-0.15, -0.1) is 11.8 Å². The van der Waals surface area contributed by atoms with Gasteiger partial charge in [0, 0.05) is 44.2 Å². The fourth-order valence-corrected chi connectivity index (χ4v) is 4.10. The van der Waals surface area contributed by atoms with E-state index in [0.717, 1.165) is 29.5 Å². The van der Waals surface area contributed by atoms with Gasteiger partial charge in [-0.2, -0.15) is 0 Å². The van der Waals surface area contributed by atoms with Crippen LogP contribution in [0.5, 0.6) is 0 Å². The molecule has 1 aliphatic heterocycles. The standard InChI is InChI=1S/C21H28N4O3S/c1-4-25-18(12-19(26)23(2)21(25)28)24-11-5-6-16(14-24)20(27)22-13-15-7-9-17(29-3)10-8-15/h7-10,12,16H,4-6,11,13-14H2,1-3H3,(H,22,27)/t16-/m0/s1. The maximum Gasteiger partial charge on any atom is 0.332 e. The Hall–Kier alpha value is -2.48. The van der Waals surface area contributed by atoms with E-state index in [1.807, 2.05) is 30.2 Å². The first kappa shape index (κ1) is 21.2. The largest absolute Gasteiger partial charge is 0.357 e. The highest BCUT2D eigenvalue weighted by Crippen LogP contribution is 2.22. The molecule has 1 saturated heterocycles. The SMILES string of the molecule is CCn1c(N2CCC[C@H](C(=O)NCc3ccc(SC)cc3)C2)cc(=O)n(C)c1=O. The van der Waals surface area contributed by atoms with Crippen LogP contribution < -0.4 is 21.5 Å². The number of amides is 1. The molecule has 0 bridgehead atoms. The topological polar surface area (TPSA) is 76.3 Å². The van der Waals surface area contributed by atoms with Crippen LogP contribution >= 0.6 is 11.8 Å². The third-order valence-corrected chi connectivity index (χ3v) is 6.18. The van der Waals surface area contributed by atoms with Gasteiger partial charge in [-0.3, -0.25) is 18.7 Å². The minimum absolute atomic E-state index is 0.0119. The van der Waals surface area contributed by atoms with Gasteiger partial charge >= 0.3 is 5.69 Å². The van der Waals surface area contributed by atoms with Crippen molar-refractivity contribution in [1.82, 2.24) is 14.5 Å². The lowest BCUT2D eigenvalue weighted by molar-refractivity contribution is -0.125. The Kier molecular flexibility index (Phi) is 6.84.